The molecule has 1 aliphatic heterocycles. The molecule has 1 aromatic rings. The Morgan fingerprint density at radius 1 is 1.26 bits per heavy atom. The van der Waals surface area contributed by atoms with Crippen LogP contribution in [0, 0.1) is 0 Å². The summed E-state index contributed by atoms with van der Waals surface area (Å²) in [7, 11) is 3.53. The van der Waals surface area contributed by atoms with E-state index < -0.39 is 0 Å². The molecule has 1 aromatic heterocycles. The van der Waals surface area contributed by atoms with E-state index >= 15 is 0 Å². The van der Waals surface area contributed by atoms with Gasteiger partial charge in [-0.3, -0.25) is 4.90 Å². The molecule has 4 nitrogen and oxygen atoms in total. The molecule has 5 heteroatoms. The summed E-state index contributed by atoms with van der Waals surface area (Å²) in [5.41, 5.74) is 0. The Bertz CT molecular complexity index is 333. The monoisotopic (exact) mass is 284 g/mol. The van der Waals surface area contributed by atoms with Crippen LogP contribution in [0.5, 0.6) is 0 Å². The summed E-state index contributed by atoms with van der Waals surface area (Å²) in [6, 6.07) is 4.30. The lowest BCUT2D eigenvalue weighted by atomic mass is 10.3. The second kappa shape index (κ2) is 7.97. The summed E-state index contributed by atoms with van der Waals surface area (Å²) in [6.07, 6.45) is 1.56. The van der Waals surface area contributed by atoms with Crippen molar-refractivity contribution in [1.82, 2.24) is 10.2 Å². The molecule has 2 unspecified atom stereocenters. The summed E-state index contributed by atoms with van der Waals surface area (Å²) in [6.45, 7) is 5.08. The molecule has 2 heterocycles. The van der Waals surface area contributed by atoms with Crippen LogP contribution < -0.4 is 5.32 Å². The van der Waals surface area contributed by atoms with Gasteiger partial charge in [-0.25, -0.2) is 0 Å². The van der Waals surface area contributed by atoms with Crippen molar-refractivity contribution >= 4 is 11.3 Å². The minimum atomic E-state index is 0.219. The fraction of sp³-hybridized carbons (Fsp3) is 0.714. The van der Waals surface area contributed by atoms with Crippen LogP contribution >= 0.6 is 11.3 Å². The van der Waals surface area contributed by atoms with E-state index in [9.17, 15) is 0 Å². The molecular formula is C14H24N2O2S. The first-order valence-electron chi connectivity index (χ1n) is 6.84. The van der Waals surface area contributed by atoms with Crippen LogP contribution in [-0.2, 0) is 15.9 Å². The Morgan fingerprint density at radius 2 is 2.00 bits per heavy atom. The molecule has 1 fully saturated rings. The minimum absolute atomic E-state index is 0.219. The third kappa shape index (κ3) is 4.54. The molecule has 1 aliphatic rings. The molecule has 0 aromatic carbocycles. The number of rotatable bonds is 8. The van der Waals surface area contributed by atoms with Gasteiger partial charge in [0, 0.05) is 51.8 Å². The predicted molar refractivity (Wildman–Crippen MR) is 78.9 cm³/mol. The molecule has 0 bridgehead atoms. The Labute approximate surface area is 119 Å². The maximum Gasteiger partial charge on any atom is 0.0971 e. The van der Waals surface area contributed by atoms with Gasteiger partial charge in [0.25, 0.3) is 0 Å². The van der Waals surface area contributed by atoms with Crippen molar-refractivity contribution < 1.29 is 9.47 Å². The van der Waals surface area contributed by atoms with E-state index in [0.717, 1.165) is 39.1 Å². The fourth-order valence-electron chi connectivity index (χ4n) is 2.48. The number of ether oxygens (including phenoxy) is 2. The topological polar surface area (TPSA) is 33.7 Å². The highest BCUT2D eigenvalue weighted by atomic mass is 32.1. The standard InChI is InChI=1S/C14H24N2O2S/c1-17-13-10-16(11-14(13)18-2)8-7-15-6-5-12-4-3-9-19-12/h3-4,9,13-15H,5-8,10-11H2,1-2H3. The zero-order valence-electron chi connectivity index (χ0n) is 11.8. The second-order valence-electron chi connectivity index (χ2n) is 4.89. The van der Waals surface area contributed by atoms with Crippen molar-refractivity contribution in [3.63, 3.8) is 0 Å². The van der Waals surface area contributed by atoms with Crippen molar-refractivity contribution in [2.75, 3.05) is 46.9 Å². The maximum atomic E-state index is 5.44. The number of hydrogen-bond donors (Lipinski definition) is 1. The lowest BCUT2D eigenvalue weighted by Crippen LogP contribution is -2.32. The third-order valence-corrected chi connectivity index (χ3v) is 4.57. The second-order valence-corrected chi connectivity index (χ2v) is 5.92. The van der Waals surface area contributed by atoms with Gasteiger partial charge in [0.2, 0.25) is 0 Å². The summed E-state index contributed by atoms with van der Waals surface area (Å²) in [5, 5.41) is 5.63. The van der Waals surface area contributed by atoms with Crippen LogP contribution in [0.1, 0.15) is 4.88 Å². The van der Waals surface area contributed by atoms with Gasteiger partial charge in [0.05, 0.1) is 12.2 Å². The summed E-state index contributed by atoms with van der Waals surface area (Å²) in [5.74, 6) is 0. The van der Waals surface area contributed by atoms with Gasteiger partial charge in [0.15, 0.2) is 0 Å². The Balaban J connectivity index is 1.56. The zero-order valence-corrected chi connectivity index (χ0v) is 12.6. The van der Waals surface area contributed by atoms with E-state index in [0.29, 0.717) is 0 Å². The normalized spacial score (nSPS) is 24.1. The Hall–Kier alpha value is -0.460. The number of methoxy groups -OCH3 is 2. The first kappa shape index (κ1) is 14.9. The van der Waals surface area contributed by atoms with Crippen LogP contribution in [0.4, 0.5) is 0 Å². The molecule has 0 spiro atoms. The smallest absolute Gasteiger partial charge is 0.0971 e. The average molecular weight is 284 g/mol. The number of hydrogen-bond acceptors (Lipinski definition) is 5. The molecule has 2 rings (SSSR count). The number of thiophene rings is 1. The lowest BCUT2D eigenvalue weighted by molar-refractivity contribution is -0.00461. The molecule has 0 saturated carbocycles. The van der Waals surface area contributed by atoms with Gasteiger partial charge in [-0.2, -0.15) is 0 Å². The first-order chi connectivity index (χ1) is 9.33. The quantitative estimate of drug-likeness (QED) is 0.728. The molecule has 0 amide bonds. The summed E-state index contributed by atoms with van der Waals surface area (Å²) in [4.78, 5) is 3.85. The van der Waals surface area contributed by atoms with Crippen molar-refractivity contribution in [1.29, 1.82) is 0 Å². The molecule has 1 N–H and O–H groups in total. The van der Waals surface area contributed by atoms with E-state index in [4.69, 9.17) is 9.47 Å². The van der Waals surface area contributed by atoms with Gasteiger partial charge in [-0.05, 0) is 17.9 Å². The van der Waals surface area contributed by atoms with Crippen molar-refractivity contribution in [3.05, 3.63) is 22.4 Å². The van der Waals surface area contributed by atoms with Gasteiger partial charge >= 0.3 is 0 Å². The van der Waals surface area contributed by atoms with Crippen LogP contribution in [0.3, 0.4) is 0 Å². The van der Waals surface area contributed by atoms with Crippen molar-refractivity contribution in [3.8, 4) is 0 Å². The predicted octanol–water partition coefficient (Wildman–Crippen LogP) is 1.23. The average Bonchev–Trinajstić information content (AvgIpc) is 3.06. The van der Waals surface area contributed by atoms with Crippen molar-refractivity contribution in [2.24, 2.45) is 0 Å². The van der Waals surface area contributed by atoms with Crippen LogP contribution in [0.2, 0.25) is 0 Å². The largest absolute Gasteiger partial charge is 0.377 e. The van der Waals surface area contributed by atoms with Crippen LogP contribution in [0.25, 0.3) is 0 Å². The SMILES string of the molecule is COC1CN(CCNCCc2cccs2)CC1OC. The summed E-state index contributed by atoms with van der Waals surface area (Å²) >= 11 is 1.83. The van der Waals surface area contributed by atoms with Gasteiger partial charge < -0.3 is 14.8 Å². The Kier molecular flexibility index (Phi) is 6.26. The highest BCUT2D eigenvalue weighted by molar-refractivity contribution is 7.09. The molecule has 19 heavy (non-hydrogen) atoms. The first-order valence-corrected chi connectivity index (χ1v) is 7.72. The minimum Gasteiger partial charge on any atom is -0.377 e. The van der Waals surface area contributed by atoms with Crippen LogP contribution in [-0.4, -0.2) is 64.1 Å². The molecule has 0 aliphatic carbocycles. The van der Waals surface area contributed by atoms with Gasteiger partial charge in [0.1, 0.15) is 0 Å². The van der Waals surface area contributed by atoms with Crippen molar-refractivity contribution in [2.45, 2.75) is 18.6 Å². The van der Waals surface area contributed by atoms with Gasteiger partial charge in [-0.1, -0.05) is 6.07 Å². The molecule has 108 valence electrons. The third-order valence-electron chi connectivity index (χ3n) is 3.63. The lowest BCUT2D eigenvalue weighted by Gasteiger charge is -2.15. The molecule has 2 atom stereocenters. The Morgan fingerprint density at radius 3 is 2.58 bits per heavy atom. The number of likely N-dealkylation sites (tertiary alicyclic amines) is 1. The molecule has 1 saturated heterocycles. The number of nitrogens with zero attached hydrogens (tertiary/aromatic N) is 1. The summed E-state index contributed by atoms with van der Waals surface area (Å²) < 4.78 is 10.9. The van der Waals surface area contributed by atoms with E-state index in [1.807, 2.05) is 11.3 Å². The highest BCUT2D eigenvalue weighted by Crippen LogP contribution is 2.14. The van der Waals surface area contributed by atoms with Crippen LogP contribution in [0.15, 0.2) is 17.5 Å². The highest BCUT2D eigenvalue weighted by Gasteiger charge is 2.32. The van der Waals surface area contributed by atoms with E-state index in [-0.39, 0.29) is 12.2 Å². The number of nitrogens with one attached hydrogen (secondary N) is 1. The zero-order chi connectivity index (χ0) is 13.5. The maximum absolute atomic E-state index is 5.44. The van der Waals surface area contributed by atoms with E-state index in [1.165, 1.54) is 4.88 Å². The molecular weight excluding hydrogens is 260 g/mol. The van der Waals surface area contributed by atoms with Gasteiger partial charge in [-0.15, -0.1) is 11.3 Å². The fourth-order valence-corrected chi connectivity index (χ4v) is 3.19. The van der Waals surface area contributed by atoms with E-state index in [2.05, 4.69) is 27.7 Å². The molecule has 0 radical (unpaired) electrons. The van der Waals surface area contributed by atoms with E-state index in [1.54, 1.807) is 14.2 Å².